The number of carbonyl (C=O) groups is 1. The summed E-state index contributed by atoms with van der Waals surface area (Å²) in [6, 6.07) is 24.0. The molecule has 1 heterocycles. The number of nitrogens with zero attached hydrogens (tertiary/aromatic N) is 2. The van der Waals surface area contributed by atoms with E-state index in [0.29, 0.717) is 6.42 Å². The molecule has 3 aromatic rings. The van der Waals surface area contributed by atoms with Crippen molar-refractivity contribution in [2.24, 2.45) is 4.99 Å². The highest BCUT2D eigenvalue weighted by Gasteiger charge is 2.30. The Morgan fingerprint density at radius 1 is 1.03 bits per heavy atom. The van der Waals surface area contributed by atoms with E-state index in [1.165, 1.54) is 3.57 Å². The van der Waals surface area contributed by atoms with E-state index < -0.39 is 0 Å². The number of para-hydroxylation sites is 2. The van der Waals surface area contributed by atoms with E-state index in [9.17, 15) is 4.79 Å². The number of benzene rings is 3. The SMILES string of the molecule is COc1ccc(C2CC(c3ccc(I)cc3)=Nc3ccccc3N2C(C)=O)cc1. The van der Waals surface area contributed by atoms with Crippen LogP contribution >= 0.6 is 22.6 Å². The van der Waals surface area contributed by atoms with Crippen LogP contribution < -0.4 is 9.64 Å². The summed E-state index contributed by atoms with van der Waals surface area (Å²) in [7, 11) is 1.65. The molecule has 0 aromatic heterocycles. The number of amides is 1. The quantitative estimate of drug-likeness (QED) is 0.423. The number of anilines is 1. The van der Waals surface area contributed by atoms with Crippen molar-refractivity contribution in [2.45, 2.75) is 19.4 Å². The molecule has 1 atom stereocenters. The van der Waals surface area contributed by atoms with Gasteiger partial charge in [0.15, 0.2) is 0 Å². The lowest BCUT2D eigenvalue weighted by atomic mass is 9.95. The van der Waals surface area contributed by atoms with Gasteiger partial charge in [-0.2, -0.15) is 0 Å². The van der Waals surface area contributed by atoms with Gasteiger partial charge in [0.1, 0.15) is 5.75 Å². The molecule has 1 aliphatic heterocycles. The van der Waals surface area contributed by atoms with Crippen LogP contribution in [-0.4, -0.2) is 18.7 Å². The average Bonchev–Trinajstić information content (AvgIpc) is 2.91. The van der Waals surface area contributed by atoms with E-state index in [0.717, 1.165) is 34.0 Å². The fourth-order valence-electron chi connectivity index (χ4n) is 3.70. The Morgan fingerprint density at radius 2 is 1.72 bits per heavy atom. The molecule has 4 nitrogen and oxygen atoms in total. The number of hydrogen-bond donors (Lipinski definition) is 0. The molecule has 0 radical (unpaired) electrons. The molecule has 0 fully saturated rings. The van der Waals surface area contributed by atoms with Crippen LogP contribution in [0.25, 0.3) is 0 Å². The Kier molecular flexibility index (Phi) is 5.67. The van der Waals surface area contributed by atoms with Crippen molar-refractivity contribution in [3.63, 3.8) is 0 Å². The predicted molar refractivity (Wildman–Crippen MR) is 125 cm³/mol. The maximum atomic E-state index is 12.8. The highest BCUT2D eigenvalue weighted by Crippen LogP contribution is 2.40. The van der Waals surface area contributed by atoms with Crippen molar-refractivity contribution in [2.75, 3.05) is 12.0 Å². The lowest BCUT2D eigenvalue weighted by molar-refractivity contribution is -0.117. The van der Waals surface area contributed by atoms with E-state index in [1.807, 2.05) is 53.4 Å². The van der Waals surface area contributed by atoms with Crippen LogP contribution in [0, 0.1) is 3.57 Å². The summed E-state index contributed by atoms with van der Waals surface area (Å²) >= 11 is 2.30. The van der Waals surface area contributed by atoms with Gasteiger partial charge in [0.05, 0.1) is 30.2 Å². The van der Waals surface area contributed by atoms with Gasteiger partial charge in [-0.15, -0.1) is 0 Å². The zero-order valence-corrected chi connectivity index (χ0v) is 18.5. The summed E-state index contributed by atoms with van der Waals surface area (Å²) < 4.78 is 6.49. The smallest absolute Gasteiger partial charge is 0.224 e. The first-order valence-corrected chi connectivity index (χ1v) is 10.5. The standard InChI is InChI=1S/C24H21IN2O2/c1-16(28)27-23-6-4-3-5-21(23)26-22(17-7-11-19(25)12-8-17)15-24(27)18-9-13-20(29-2)14-10-18/h3-14,24H,15H2,1-2H3. The van der Waals surface area contributed by atoms with Crippen molar-refractivity contribution in [1.29, 1.82) is 0 Å². The van der Waals surface area contributed by atoms with Crippen LogP contribution in [-0.2, 0) is 4.79 Å². The van der Waals surface area contributed by atoms with Gasteiger partial charge < -0.3 is 9.64 Å². The second kappa shape index (κ2) is 8.37. The largest absolute Gasteiger partial charge is 0.497 e. The fraction of sp³-hybridized carbons (Fsp3) is 0.167. The molecule has 1 amide bonds. The van der Waals surface area contributed by atoms with Gasteiger partial charge in [0.25, 0.3) is 0 Å². The summed E-state index contributed by atoms with van der Waals surface area (Å²) in [5.74, 6) is 0.793. The number of aliphatic imine (C=N–C) groups is 1. The molecule has 29 heavy (non-hydrogen) atoms. The first-order chi connectivity index (χ1) is 14.1. The Bertz CT molecular complexity index is 1060. The zero-order chi connectivity index (χ0) is 20.4. The number of fused-ring (bicyclic) bond motifs is 1. The van der Waals surface area contributed by atoms with E-state index in [4.69, 9.17) is 9.73 Å². The second-order valence-electron chi connectivity index (χ2n) is 6.94. The van der Waals surface area contributed by atoms with Gasteiger partial charge >= 0.3 is 0 Å². The molecule has 5 heteroatoms. The lowest BCUT2D eigenvalue weighted by Gasteiger charge is -2.30. The highest BCUT2D eigenvalue weighted by molar-refractivity contribution is 14.1. The first-order valence-electron chi connectivity index (χ1n) is 9.43. The van der Waals surface area contributed by atoms with Crippen LogP contribution in [0.4, 0.5) is 11.4 Å². The molecule has 1 unspecified atom stereocenters. The Labute approximate surface area is 184 Å². The molecule has 0 saturated carbocycles. The predicted octanol–water partition coefficient (Wildman–Crippen LogP) is 5.92. The molecule has 1 aliphatic rings. The van der Waals surface area contributed by atoms with E-state index in [-0.39, 0.29) is 11.9 Å². The van der Waals surface area contributed by atoms with Crippen molar-refractivity contribution < 1.29 is 9.53 Å². The first kappa shape index (κ1) is 19.6. The summed E-state index contributed by atoms with van der Waals surface area (Å²) in [6.07, 6.45) is 0.626. The van der Waals surface area contributed by atoms with Crippen LogP contribution in [0.3, 0.4) is 0 Å². The van der Waals surface area contributed by atoms with Gasteiger partial charge in [-0.1, -0.05) is 36.4 Å². The molecular weight excluding hydrogens is 475 g/mol. The zero-order valence-electron chi connectivity index (χ0n) is 16.3. The molecule has 0 bridgehead atoms. The maximum absolute atomic E-state index is 12.8. The van der Waals surface area contributed by atoms with Gasteiger partial charge in [0, 0.05) is 16.9 Å². The molecule has 0 N–H and O–H groups in total. The molecule has 3 aromatic carbocycles. The molecule has 0 spiro atoms. The molecule has 0 saturated heterocycles. The van der Waals surface area contributed by atoms with E-state index in [1.54, 1.807) is 14.0 Å². The number of methoxy groups -OCH3 is 1. The van der Waals surface area contributed by atoms with Gasteiger partial charge in [-0.3, -0.25) is 9.79 Å². The van der Waals surface area contributed by atoms with Gasteiger partial charge in [0.2, 0.25) is 5.91 Å². The highest BCUT2D eigenvalue weighted by atomic mass is 127. The van der Waals surface area contributed by atoms with E-state index in [2.05, 4.69) is 46.9 Å². The fourth-order valence-corrected chi connectivity index (χ4v) is 4.06. The number of ether oxygens (including phenoxy) is 1. The van der Waals surface area contributed by atoms with Crippen LogP contribution in [0.5, 0.6) is 5.75 Å². The van der Waals surface area contributed by atoms with Crippen molar-refractivity contribution >= 4 is 45.6 Å². The third-order valence-corrected chi connectivity index (χ3v) is 5.83. The minimum Gasteiger partial charge on any atom is -0.497 e. The number of halogens is 1. The normalized spacial score (nSPS) is 15.9. The van der Waals surface area contributed by atoms with Crippen molar-refractivity contribution in [3.8, 4) is 5.75 Å². The molecular formula is C24H21IN2O2. The number of hydrogen-bond acceptors (Lipinski definition) is 3. The maximum Gasteiger partial charge on any atom is 0.224 e. The monoisotopic (exact) mass is 496 g/mol. The average molecular weight is 496 g/mol. The molecule has 4 rings (SSSR count). The summed E-state index contributed by atoms with van der Waals surface area (Å²) in [5, 5.41) is 0. The minimum absolute atomic E-state index is 0.00247. The molecule has 0 aliphatic carbocycles. The number of carbonyl (C=O) groups excluding carboxylic acids is 1. The van der Waals surface area contributed by atoms with Crippen LogP contribution in [0.15, 0.2) is 77.8 Å². The summed E-state index contributed by atoms with van der Waals surface area (Å²) in [5.41, 5.74) is 4.74. The Hall–Kier alpha value is -2.67. The van der Waals surface area contributed by atoms with Crippen LogP contribution in [0.2, 0.25) is 0 Å². The Balaban J connectivity index is 1.87. The van der Waals surface area contributed by atoms with Gasteiger partial charge in [-0.25, -0.2) is 0 Å². The second-order valence-corrected chi connectivity index (χ2v) is 8.18. The Morgan fingerprint density at radius 3 is 2.38 bits per heavy atom. The van der Waals surface area contributed by atoms with E-state index >= 15 is 0 Å². The lowest BCUT2D eigenvalue weighted by Crippen LogP contribution is -2.33. The summed E-state index contributed by atoms with van der Waals surface area (Å²) in [6.45, 7) is 1.61. The summed E-state index contributed by atoms with van der Waals surface area (Å²) in [4.78, 5) is 19.6. The third-order valence-electron chi connectivity index (χ3n) is 5.11. The van der Waals surface area contributed by atoms with Crippen molar-refractivity contribution in [1.82, 2.24) is 0 Å². The van der Waals surface area contributed by atoms with Gasteiger partial charge in [-0.05, 0) is 70.1 Å². The molecule has 146 valence electrons. The minimum atomic E-state index is -0.153. The van der Waals surface area contributed by atoms with Crippen LogP contribution in [0.1, 0.15) is 30.5 Å². The topological polar surface area (TPSA) is 41.9 Å². The number of rotatable bonds is 3. The van der Waals surface area contributed by atoms with Crippen molar-refractivity contribution in [3.05, 3.63) is 87.5 Å². The third kappa shape index (κ3) is 4.05.